The van der Waals surface area contributed by atoms with E-state index in [0.29, 0.717) is 0 Å². The fraction of sp³-hybridized carbons (Fsp3) is 0.778. The molecule has 0 spiro atoms. The second-order valence-electron chi connectivity index (χ2n) is 3.78. The van der Waals surface area contributed by atoms with Crippen LogP contribution >= 0.6 is 0 Å². The van der Waals surface area contributed by atoms with Crippen molar-refractivity contribution >= 4 is 11.8 Å². The number of nitrogens with two attached hydrogens (primary N) is 1. The van der Waals surface area contributed by atoms with Gasteiger partial charge in [0.15, 0.2) is 0 Å². The van der Waals surface area contributed by atoms with Gasteiger partial charge in [-0.15, -0.1) is 0 Å². The molecule has 0 rings (SSSR count). The molecule has 0 saturated carbocycles. The molecule has 0 aliphatic rings. The average molecular weight is 267 g/mol. The molecule has 0 amide bonds. The predicted molar refractivity (Wildman–Crippen MR) is 56.3 cm³/mol. The van der Waals surface area contributed by atoms with E-state index in [1.54, 1.807) is 0 Å². The zero-order valence-electron chi connectivity index (χ0n) is 9.38. The average Bonchev–Trinajstić information content (AvgIpc) is 2.34. The first-order chi connectivity index (χ1) is 8.22. The van der Waals surface area contributed by atoms with Crippen LogP contribution in [0.3, 0.4) is 0 Å². The predicted octanol–water partition coefficient (Wildman–Crippen LogP) is -4.21. The van der Waals surface area contributed by atoms with Crippen molar-refractivity contribution in [3.05, 3.63) is 0 Å². The molecule has 0 heterocycles. The summed E-state index contributed by atoms with van der Waals surface area (Å²) in [6.45, 7) is -0.342. The van der Waals surface area contributed by atoms with Gasteiger partial charge in [-0.3, -0.25) is 4.79 Å². The molecule has 0 bridgehead atoms. The van der Waals surface area contributed by atoms with Gasteiger partial charge in [0.2, 0.25) is 0 Å². The van der Waals surface area contributed by atoms with Gasteiger partial charge < -0.3 is 36.4 Å². The Kier molecular flexibility index (Phi) is 6.91. The molecule has 0 aliphatic heterocycles. The summed E-state index contributed by atoms with van der Waals surface area (Å²) < 4.78 is 0. The highest BCUT2D eigenvalue weighted by Crippen LogP contribution is 2.10. The van der Waals surface area contributed by atoms with E-state index in [1.807, 2.05) is 0 Å². The van der Waals surface area contributed by atoms with Gasteiger partial charge in [-0.2, -0.15) is 0 Å². The van der Waals surface area contributed by atoms with E-state index in [0.717, 1.165) is 0 Å². The Morgan fingerprint density at radius 1 is 0.944 bits per heavy atom. The Bertz CT molecular complexity index is 296. The van der Waals surface area contributed by atoms with Gasteiger partial charge in [0.05, 0.1) is 18.3 Å². The second-order valence-corrected chi connectivity index (χ2v) is 3.78. The monoisotopic (exact) mass is 267 g/mol. The zero-order chi connectivity index (χ0) is 14.5. The number of carbonyl (C=O) groups is 2. The molecular weight excluding hydrogens is 250 g/mol. The van der Waals surface area contributed by atoms with Crippen molar-refractivity contribution in [1.29, 1.82) is 0 Å². The minimum atomic E-state index is -2.22. The maximum absolute atomic E-state index is 10.8. The lowest BCUT2D eigenvalue weighted by molar-refractivity contribution is -0.157. The number of aliphatic carboxylic acids is 1. The number of carboxylic acids is 1. The Morgan fingerprint density at radius 3 is 1.83 bits per heavy atom. The molecule has 106 valence electrons. The van der Waals surface area contributed by atoms with Gasteiger partial charge in [0.1, 0.15) is 12.2 Å². The van der Waals surface area contributed by atoms with Gasteiger partial charge >= 0.3 is 5.97 Å². The molecular formula is C9H17NO8. The Labute approximate surface area is 102 Å². The lowest BCUT2D eigenvalue weighted by Crippen LogP contribution is -2.46. The number of carbonyl (C=O) groups excluding carboxylic acids is 1. The van der Waals surface area contributed by atoms with Crippen molar-refractivity contribution in [3.8, 4) is 0 Å². The number of hydrogen-bond acceptors (Lipinski definition) is 8. The number of Topliss-reactive ketones (excluding diaryl/α,β-unsaturated/α-hetero) is 1. The van der Waals surface area contributed by atoms with E-state index < -0.39 is 48.7 Å². The minimum absolute atomic E-state index is 0.342. The van der Waals surface area contributed by atoms with Crippen LogP contribution in [0, 0.1) is 0 Å². The molecule has 5 atom stereocenters. The van der Waals surface area contributed by atoms with Crippen LogP contribution in [0.15, 0.2) is 0 Å². The Hall–Kier alpha value is -1.10. The van der Waals surface area contributed by atoms with E-state index in [4.69, 9.17) is 21.1 Å². The smallest absolute Gasteiger partial charge is 0.375 e. The van der Waals surface area contributed by atoms with Gasteiger partial charge in [-0.1, -0.05) is 0 Å². The van der Waals surface area contributed by atoms with Gasteiger partial charge in [-0.25, -0.2) is 4.79 Å². The zero-order valence-corrected chi connectivity index (χ0v) is 9.38. The third kappa shape index (κ3) is 4.64. The number of ketones is 1. The molecule has 0 aliphatic carbocycles. The van der Waals surface area contributed by atoms with Crippen molar-refractivity contribution in [2.24, 2.45) is 5.73 Å². The summed E-state index contributed by atoms with van der Waals surface area (Å²) in [5, 5.41) is 54.5. The quantitative estimate of drug-likeness (QED) is 0.214. The van der Waals surface area contributed by atoms with Crippen molar-refractivity contribution < 1.29 is 40.2 Å². The summed E-state index contributed by atoms with van der Waals surface area (Å²) in [6.07, 6.45) is -9.60. The van der Waals surface area contributed by atoms with E-state index in [9.17, 15) is 24.9 Å². The van der Waals surface area contributed by atoms with E-state index in [2.05, 4.69) is 0 Å². The number of aliphatic hydroxyl groups excluding tert-OH is 5. The van der Waals surface area contributed by atoms with Crippen LogP contribution in [0.1, 0.15) is 6.42 Å². The topological polar surface area (TPSA) is 182 Å². The lowest BCUT2D eigenvalue weighted by atomic mass is 9.98. The van der Waals surface area contributed by atoms with E-state index >= 15 is 0 Å². The first kappa shape index (κ1) is 16.9. The molecule has 9 nitrogen and oxygen atoms in total. The molecule has 0 fully saturated rings. The van der Waals surface area contributed by atoms with Crippen LogP contribution in [0.4, 0.5) is 0 Å². The van der Waals surface area contributed by atoms with Crippen molar-refractivity contribution in [2.45, 2.75) is 36.9 Å². The molecule has 0 radical (unpaired) electrons. The summed E-state index contributed by atoms with van der Waals surface area (Å²) in [4.78, 5) is 21.0. The third-order valence-electron chi connectivity index (χ3n) is 2.36. The van der Waals surface area contributed by atoms with Crippen LogP contribution in [0.2, 0.25) is 0 Å². The summed E-state index contributed by atoms with van der Waals surface area (Å²) in [5.74, 6) is -3.57. The first-order valence-electron chi connectivity index (χ1n) is 5.09. The second kappa shape index (κ2) is 7.36. The van der Waals surface area contributed by atoms with Crippen molar-refractivity contribution in [2.75, 3.05) is 6.54 Å². The van der Waals surface area contributed by atoms with E-state index in [1.165, 1.54) is 0 Å². The highest BCUT2D eigenvalue weighted by molar-refractivity contribution is 6.34. The fourth-order valence-corrected chi connectivity index (χ4v) is 1.21. The lowest BCUT2D eigenvalue weighted by Gasteiger charge is -2.24. The number of aliphatic hydroxyl groups is 5. The number of carboxylic acid groups (broad SMARTS) is 1. The number of hydrogen-bond donors (Lipinski definition) is 7. The first-order valence-corrected chi connectivity index (χ1v) is 5.09. The van der Waals surface area contributed by atoms with Crippen LogP contribution < -0.4 is 5.73 Å². The van der Waals surface area contributed by atoms with Gasteiger partial charge in [0, 0.05) is 13.0 Å². The van der Waals surface area contributed by atoms with Crippen LogP contribution in [-0.4, -0.2) is 79.5 Å². The Morgan fingerprint density at radius 2 is 1.44 bits per heavy atom. The summed E-state index contributed by atoms with van der Waals surface area (Å²) in [6, 6.07) is 0. The highest BCUT2D eigenvalue weighted by atomic mass is 16.4. The molecule has 18 heavy (non-hydrogen) atoms. The van der Waals surface area contributed by atoms with Crippen molar-refractivity contribution in [1.82, 2.24) is 0 Å². The normalized spacial score (nSPS) is 19.7. The van der Waals surface area contributed by atoms with Crippen LogP contribution in [0.25, 0.3) is 0 Å². The van der Waals surface area contributed by atoms with Crippen LogP contribution in [0.5, 0.6) is 0 Å². The van der Waals surface area contributed by atoms with Crippen LogP contribution in [-0.2, 0) is 9.59 Å². The van der Waals surface area contributed by atoms with Gasteiger partial charge in [-0.05, 0) is 0 Å². The molecule has 0 aromatic heterocycles. The molecule has 0 saturated heterocycles. The fourth-order valence-electron chi connectivity index (χ4n) is 1.21. The maximum atomic E-state index is 10.8. The largest absolute Gasteiger partial charge is 0.475 e. The standard InChI is InChI=1S/C9H17NO8/c10-2-5(13)6(14)3(11)1-4(12)7(15)8(16)9(17)18/h3-7,11-15H,1-2,10H2,(H,17,18)/t3-,4+,5+,6+,7-/m1/s1. The van der Waals surface area contributed by atoms with Crippen molar-refractivity contribution in [3.63, 3.8) is 0 Å². The molecule has 8 N–H and O–H groups in total. The molecule has 0 aromatic rings. The highest BCUT2D eigenvalue weighted by Gasteiger charge is 2.33. The molecule has 0 unspecified atom stereocenters. The number of rotatable bonds is 8. The molecule has 9 heteroatoms. The summed E-state index contributed by atoms with van der Waals surface area (Å²) in [5.41, 5.74) is 5.02. The summed E-state index contributed by atoms with van der Waals surface area (Å²) in [7, 11) is 0. The molecule has 0 aromatic carbocycles. The third-order valence-corrected chi connectivity index (χ3v) is 2.36. The van der Waals surface area contributed by atoms with Gasteiger partial charge in [0.25, 0.3) is 5.78 Å². The minimum Gasteiger partial charge on any atom is -0.475 e. The summed E-state index contributed by atoms with van der Waals surface area (Å²) >= 11 is 0. The SMILES string of the molecule is NC[C@H](O)[C@@H](O)[C@H](O)C[C@H](O)[C@@H](O)C(=O)C(=O)O. The Balaban J connectivity index is 4.43. The van der Waals surface area contributed by atoms with E-state index in [-0.39, 0.29) is 6.54 Å². The maximum Gasteiger partial charge on any atom is 0.375 e.